The second-order valence-corrected chi connectivity index (χ2v) is 6.62. The van der Waals surface area contributed by atoms with Gasteiger partial charge >= 0.3 is 0 Å². The number of carbonyl (C=O) groups is 1. The molecule has 7 nitrogen and oxygen atoms in total. The van der Waals surface area contributed by atoms with E-state index in [2.05, 4.69) is 19.9 Å². The Bertz CT molecular complexity index is 873. The number of rotatable bonds is 2. The van der Waals surface area contributed by atoms with Gasteiger partial charge in [0.1, 0.15) is 0 Å². The normalized spacial score (nSPS) is 15.0. The maximum Gasteiger partial charge on any atom is 0.254 e. The van der Waals surface area contributed by atoms with Crippen molar-refractivity contribution < 1.29 is 4.79 Å². The lowest BCUT2D eigenvalue weighted by atomic mass is 10.1. The van der Waals surface area contributed by atoms with Gasteiger partial charge in [0.2, 0.25) is 5.95 Å². The highest BCUT2D eigenvalue weighted by atomic mass is 32.1. The van der Waals surface area contributed by atoms with Crippen molar-refractivity contribution in [2.24, 2.45) is 0 Å². The van der Waals surface area contributed by atoms with Crippen LogP contribution in [-0.4, -0.2) is 51.9 Å². The van der Waals surface area contributed by atoms with Crippen molar-refractivity contribution in [1.82, 2.24) is 19.9 Å². The number of benzene rings is 1. The molecule has 0 spiro atoms. The molecule has 1 aliphatic heterocycles. The summed E-state index contributed by atoms with van der Waals surface area (Å²) in [4.78, 5) is 29.4. The topological polar surface area (TPSA) is 88.2 Å². The highest BCUT2D eigenvalue weighted by Crippen LogP contribution is 2.25. The molecule has 24 heavy (non-hydrogen) atoms. The summed E-state index contributed by atoms with van der Waals surface area (Å²) in [6.45, 7) is 2.74. The summed E-state index contributed by atoms with van der Waals surface area (Å²) in [6.07, 6.45) is 3.46. The average molecular weight is 340 g/mol. The smallest absolute Gasteiger partial charge is 0.254 e. The number of nitrogens with zero attached hydrogens (tertiary/aromatic N) is 5. The third kappa shape index (κ3) is 2.76. The Morgan fingerprint density at radius 2 is 1.88 bits per heavy atom. The molecule has 0 unspecified atom stereocenters. The number of piperazine rings is 1. The van der Waals surface area contributed by atoms with Crippen molar-refractivity contribution in [3.05, 3.63) is 42.2 Å². The molecule has 4 rings (SSSR count). The largest absolute Gasteiger partial charge is 0.375 e. The predicted molar refractivity (Wildman–Crippen MR) is 94.2 cm³/mol. The van der Waals surface area contributed by atoms with E-state index in [4.69, 9.17) is 5.73 Å². The Kier molecular flexibility index (Phi) is 3.73. The third-order valence-corrected chi connectivity index (χ3v) is 4.92. The Hall–Kier alpha value is -2.74. The van der Waals surface area contributed by atoms with Crippen LogP contribution in [0.15, 0.2) is 36.7 Å². The highest BCUT2D eigenvalue weighted by Gasteiger charge is 2.23. The first kappa shape index (κ1) is 14.8. The highest BCUT2D eigenvalue weighted by molar-refractivity contribution is 7.22. The van der Waals surface area contributed by atoms with Crippen LogP contribution < -0.4 is 10.6 Å². The molecule has 1 aliphatic rings. The monoisotopic (exact) mass is 340 g/mol. The minimum Gasteiger partial charge on any atom is -0.375 e. The number of hydrogen-bond donors (Lipinski definition) is 1. The zero-order valence-electron chi connectivity index (χ0n) is 12.9. The van der Waals surface area contributed by atoms with Crippen molar-refractivity contribution in [3.8, 4) is 0 Å². The van der Waals surface area contributed by atoms with Gasteiger partial charge in [-0.2, -0.15) is 0 Å². The minimum absolute atomic E-state index is 0.0251. The van der Waals surface area contributed by atoms with Crippen LogP contribution in [0.4, 0.5) is 11.1 Å². The van der Waals surface area contributed by atoms with Crippen LogP contribution in [0.2, 0.25) is 0 Å². The van der Waals surface area contributed by atoms with Crippen LogP contribution in [0.25, 0.3) is 10.2 Å². The van der Waals surface area contributed by atoms with E-state index < -0.39 is 0 Å². The van der Waals surface area contributed by atoms with Crippen LogP contribution in [0.3, 0.4) is 0 Å². The lowest BCUT2D eigenvalue weighted by Gasteiger charge is -2.34. The van der Waals surface area contributed by atoms with Crippen LogP contribution in [-0.2, 0) is 0 Å². The molecule has 2 aromatic heterocycles. The molecule has 1 aromatic carbocycles. The summed E-state index contributed by atoms with van der Waals surface area (Å²) in [5.74, 6) is 0.737. The first-order chi connectivity index (χ1) is 11.7. The molecule has 0 aliphatic carbocycles. The van der Waals surface area contributed by atoms with Crippen molar-refractivity contribution >= 4 is 38.5 Å². The van der Waals surface area contributed by atoms with Gasteiger partial charge in [0.15, 0.2) is 5.13 Å². The fourth-order valence-electron chi connectivity index (χ4n) is 2.82. The quantitative estimate of drug-likeness (QED) is 0.763. The molecule has 0 radical (unpaired) electrons. The number of anilines is 2. The van der Waals surface area contributed by atoms with Gasteiger partial charge < -0.3 is 15.5 Å². The molecule has 0 bridgehead atoms. The van der Waals surface area contributed by atoms with Gasteiger partial charge in [0.25, 0.3) is 5.91 Å². The number of amides is 1. The second-order valence-electron chi connectivity index (χ2n) is 5.56. The lowest BCUT2D eigenvalue weighted by Crippen LogP contribution is -2.49. The van der Waals surface area contributed by atoms with Crippen molar-refractivity contribution in [2.75, 3.05) is 36.8 Å². The molecule has 1 amide bonds. The van der Waals surface area contributed by atoms with Crippen LogP contribution in [0, 0.1) is 0 Å². The molecule has 0 atom stereocenters. The Morgan fingerprint density at radius 3 is 2.62 bits per heavy atom. The van der Waals surface area contributed by atoms with E-state index >= 15 is 0 Å². The summed E-state index contributed by atoms with van der Waals surface area (Å²) in [6, 6.07) is 7.36. The maximum atomic E-state index is 12.7. The molecule has 3 aromatic rings. The predicted octanol–water partition coefficient (Wildman–Crippen LogP) is 1.63. The molecule has 8 heteroatoms. The van der Waals surface area contributed by atoms with E-state index in [9.17, 15) is 4.79 Å². The van der Waals surface area contributed by atoms with E-state index in [0.29, 0.717) is 29.7 Å². The van der Waals surface area contributed by atoms with E-state index in [1.807, 2.05) is 23.1 Å². The number of nitrogen functional groups attached to an aromatic ring is 1. The van der Waals surface area contributed by atoms with Gasteiger partial charge in [-0.15, -0.1) is 0 Å². The number of fused-ring (bicyclic) bond motifs is 1. The summed E-state index contributed by atoms with van der Waals surface area (Å²) in [5.41, 5.74) is 7.15. The molecule has 1 fully saturated rings. The van der Waals surface area contributed by atoms with Gasteiger partial charge in [-0.1, -0.05) is 11.3 Å². The number of nitrogens with two attached hydrogens (primary N) is 1. The first-order valence-electron chi connectivity index (χ1n) is 7.68. The molecule has 122 valence electrons. The van der Waals surface area contributed by atoms with Gasteiger partial charge in [-0.3, -0.25) is 4.79 Å². The van der Waals surface area contributed by atoms with Crippen LogP contribution >= 0.6 is 11.3 Å². The molecule has 2 N–H and O–H groups in total. The molecule has 3 heterocycles. The molecule has 0 saturated carbocycles. The molecule has 1 saturated heterocycles. The zero-order valence-corrected chi connectivity index (χ0v) is 13.7. The van der Waals surface area contributed by atoms with Crippen LogP contribution in [0.1, 0.15) is 10.4 Å². The summed E-state index contributed by atoms with van der Waals surface area (Å²) >= 11 is 1.43. The average Bonchev–Trinajstić information content (AvgIpc) is 3.01. The molecular formula is C16H16N6OS. The van der Waals surface area contributed by atoms with Crippen molar-refractivity contribution in [2.45, 2.75) is 0 Å². The van der Waals surface area contributed by atoms with Gasteiger partial charge in [0.05, 0.1) is 10.2 Å². The van der Waals surface area contributed by atoms with Gasteiger partial charge in [-0.25, -0.2) is 15.0 Å². The van der Waals surface area contributed by atoms with Crippen LogP contribution in [0.5, 0.6) is 0 Å². The second kappa shape index (κ2) is 6.04. The van der Waals surface area contributed by atoms with E-state index in [1.54, 1.807) is 18.5 Å². The van der Waals surface area contributed by atoms with E-state index in [0.717, 1.165) is 23.3 Å². The van der Waals surface area contributed by atoms with Gasteiger partial charge in [-0.05, 0) is 24.3 Å². The summed E-state index contributed by atoms with van der Waals surface area (Å²) in [5, 5.41) is 0.520. The SMILES string of the molecule is Nc1nc2cc(C(=O)N3CCN(c4ncccn4)CC3)ccc2s1. The third-order valence-electron chi connectivity index (χ3n) is 4.05. The Labute approximate surface area is 142 Å². The number of hydrogen-bond acceptors (Lipinski definition) is 7. The standard InChI is InChI=1S/C16H16N6OS/c17-15-20-12-10-11(2-3-13(12)24-15)14(23)21-6-8-22(9-7-21)16-18-4-1-5-19-16/h1-5,10H,6-9H2,(H2,17,20). The minimum atomic E-state index is 0.0251. The van der Waals surface area contributed by atoms with Crippen molar-refractivity contribution in [3.63, 3.8) is 0 Å². The lowest BCUT2D eigenvalue weighted by molar-refractivity contribution is 0.0746. The molecular weight excluding hydrogens is 324 g/mol. The fraction of sp³-hybridized carbons (Fsp3) is 0.250. The van der Waals surface area contributed by atoms with Crippen molar-refractivity contribution in [1.29, 1.82) is 0 Å². The summed E-state index contributed by atoms with van der Waals surface area (Å²) in [7, 11) is 0. The number of thiazole rings is 1. The summed E-state index contributed by atoms with van der Waals surface area (Å²) < 4.78 is 0.995. The number of aromatic nitrogens is 3. The van der Waals surface area contributed by atoms with E-state index in [-0.39, 0.29) is 5.91 Å². The maximum absolute atomic E-state index is 12.7. The Morgan fingerprint density at radius 1 is 1.12 bits per heavy atom. The number of carbonyl (C=O) groups excluding carboxylic acids is 1. The fourth-order valence-corrected chi connectivity index (χ4v) is 3.54. The van der Waals surface area contributed by atoms with Gasteiger partial charge in [0, 0.05) is 44.1 Å². The zero-order chi connectivity index (χ0) is 16.5. The first-order valence-corrected chi connectivity index (χ1v) is 8.50. The Balaban J connectivity index is 1.47. The van der Waals surface area contributed by atoms with E-state index in [1.165, 1.54) is 11.3 Å².